The first-order valence-corrected chi connectivity index (χ1v) is 9.69. The number of carbonyl (C=O) groups is 1. The predicted octanol–water partition coefficient (Wildman–Crippen LogP) is 3.17. The van der Waals surface area contributed by atoms with E-state index in [1.165, 1.54) is 0 Å². The molecule has 1 aromatic heterocycles. The summed E-state index contributed by atoms with van der Waals surface area (Å²) in [7, 11) is 0. The predicted molar refractivity (Wildman–Crippen MR) is 105 cm³/mol. The molecule has 0 saturated carbocycles. The third kappa shape index (κ3) is 2.62. The van der Waals surface area contributed by atoms with Crippen LogP contribution in [0.15, 0.2) is 36.4 Å². The maximum Gasteiger partial charge on any atom is 0.268 e. The van der Waals surface area contributed by atoms with E-state index in [-0.39, 0.29) is 11.7 Å². The number of rotatable bonds is 4. The Labute approximate surface area is 162 Å². The summed E-state index contributed by atoms with van der Waals surface area (Å²) in [5.74, 6) is 1.36. The molecule has 28 heavy (non-hydrogen) atoms. The number of piperidine rings is 1. The van der Waals surface area contributed by atoms with Crippen molar-refractivity contribution >= 4 is 16.9 Å². The summed E-state index contributed by atoms with van der Waals surface area (Å²) < 4.78 is 5.83. The Bertz CT molecular complexity index is 1040. The van der Waals surface area contributed by atoms with Gasteiger partial charge in [-0.05, 0) is 50.1 Å². The van der Waals surface area contributed by atoms with Gasteiger partial charge in [-0.15, -0.1) is 0 Å². The van der Waals surface area contributed by atoms with Crippen molar-refractivity contribution in [1.82, 2.24) is 20.0 Å². The number of nitrogens with one attached hydrogen (secondary N) is 1. The van der Waals surface area contributed by atoms with Crippen LogP contribution >= 0.6 is 0 Å². The number of aromatic amines is 1. The summed E-state index contributed by atoms with van der Waals surface area (Å²) in [6.45, 7) is 4.30. The van der Waals surface area contributed by atoms with E-state index < -0.39 is 0 Å². The first-order chi connectivity index (χ1) is 13.7. The number of amides is 1. The van der Waals surface area contributed by atoms with Crippen molar-refractivity contribution in [2.24, 2.45) is 0 Å². The highest BCUT2D eigenvalue weighted by molar-refractivity contribution is 5.96. The quantitative estimate of drug-likeness (QED) is 0.729. The van der Waals surface area contributed by atoms with Gasteiger partial charge in [0.05, 0.1) is 23.7 Å². The van der Waals surface area contributed by atoms with E-state index in [0.717, 1.165) is 37.0 Å². The molecule has 1 amide bonds. The molecule has 2 bridgehead atoms. The topological polar surface area (TPSA) is 81.7 Å². The molecule has 3 aromatic rings. The highest BCUT2D eigenvalue weighted by Crippen LogP contribution is 2.35. The average Bonchev–Trinajstić information content (AvgIpc) is 3.42. The van der Waals surface area contributed by atoms with Crippen LogP contribution in [0.2, 0.25) is 0 Å². The number of nitrogens with zero attached hydrogens (tertiary/aromatic N) is 3. The van der Waals surface area contributed by atoms with Crippen LogP contribution in [0.4, 0.5) is 0 Å². The number of benzene rings is 2. The zero-order chi connectivity index (χ0) is 19.3. The molecule has 0 radical (unpaired) electrons. The van der Waals surface area contributed by atoms with E-state index in [0.29, 0.717) is 35.3 Å². The lowest BCUT2D eigenvalue weighted by Gasteiger charge is -2.24. The van der Waals surface area contributed by atoms with Gasteiger partial charge in [-0.3, -0.25) is 9.80 Å². The summed E-state index contributed by atoms with van der Waals surface area (Å²) >= 11 is 0. The molecule has 2 fully saturated rings. The lowest BCUT2D eigenvalue weighted by Crippen LogP contribution is -2.38. The van der Waals surface area contributed by atoms with Crippen LogP contribution in [0.3, 0.4) is 0 Å². The number of imidazole rings is 1. The monoisotopic (exact) mass is 378 g/mol. The molecule has 2 N–H and O–H groups in total. The number of aromatic hydroxyl groups is 1. The van der Waals surface area contributed by atoms with E-state index in [2.05, 4.69) is 15.0 Å². The second-order valence-corrected chi connectivity index (χ2v) is 7.24. The Morgan fingerprint density at radius 2 is 2.11 bits per heavy atom. The van der Waals surface area contributed by atoms with Gasteiger partial charge in [-0.25, -0.2) is 9.99 Å². The SMILES string of the molecule is CCOc1cc(C(=O)N2C3CCN2CC3)ccc1-c1nc2c(O)cccc2[nH]1. The fourth-order valence-electron chi connectivity index (χ4n) is 4.24. The number of phenols is 1. The highest BCUT2D eigenvalue weighted by atomic mass is 16.5. The molecular weight excluding hydrogens is 356 g/mol. The van der Waals surface area contributed by atoms with Gasteiger partial charge in [0, 0.05) is 18.7 Å². The van der Waals surface area contributed by atoms with Gasteiger partial charge >= 0.3 is 0 Å². The van der Waals surface area contributed by atoms with Gasteiger partial charge < -0.3 is 14.8 Å². The third-order valence-electron chi connectivity index (χ3n) is 5.57. The molecule has 0 unspecified atom stereocenters. The number of H-pyrrole nitrogens is 1. The van der Waals surface area contributed by atoms with Crippen LogP contribution < -0.4 is 4.74 Å². The Morgan fingerprint density at radius 3 is 2.79 bits per heavy atom. The number of hydrogen-bond acceptors (Lipinski definition) is 5. The Hall–Kier alpha value is -3.06. The Balaban J connectivity index is 1.53. The highest BCUT2D eigenvalue weighted by Gasteiger charge is 2.41. The molecule has 2 aromatic carbocycles. The molecule has 2 saturated heterocycles. The summed E-state index contributed by atoms with van der Waals surface area (Å²) in [6, 6.07) is 11.0. The number of carbonyl (C=O) groups excluding carboxylic acids is 1. The van der Waals surface area contributed by atoms with E-state index >= 15 is 0 Å². The second kappa shape index (κ2) is 6.53. The van der Waals surface area contributed by atoms with Crippen molar-refractivity contribution < 1.29 is 14.6 Å². The molecule has 144 valence electrons. The molecule has 7 nitrogen and oxygen atoms in total. The van der Waals surface area contributed by atoms with Crippen LogP contribution in [0.1, 0.15) is 30.1 Å². The summed E-state index contributed by atoms with van der Waals surface area (Å²) in [5.41, 5.74) is 2.64. The van der Waals surface area contributed by atoms with Crippen LogP contribution in [0.25, 0.3) is 22.4 Å². The Morgan fingerprint density at radius 1 is 1.29 bits per heavy atom. The second-order valence-electron chi connectivity index (χ2n) is 7.24. The number of hydrazine groups is 1. The minimum atomic E-state index is 0.0229. The molecule has 0 atom stereocenters. The zero-order valence-corrected chi connectivity index (χ0v) is 15.7. The molecule has 7 heteroatoms. The zero-order valence-electron chi connectivity index (χ0n) is 15.7. The minimum absolute atomic E-state index is 0.0229. The molecule has 0 aliphatic carbocycles. The van der Waals surface area contributed by atoms with Gasteiger partial charge in [0.15, 0.2) is 0 Å². The minimum Gasteiger partial charge on any atom is -0.506 e. The maximum absolute atomic E-state index is 13.1. The van der Waals surface area contributed by atoms with Crippen molar-refractivity contribution in [3.8, 4) is 22.9 Å². The summed E-state index contributed by atoms with van der Waals surface area (Å²) in [4.78, 5) is 20.8. The standard InChI is InChI=1S/C21H22N4O3/c1-2-28-18-12-13(21(27)25-14-8-10-24(25)11-9-14)6-7-15(18)20-22-16-4-3-5-17(26)19(16)23-20/h3-7,12,14,26H,2,8-11H2,1H3,(H,22,23). The van der Waals surface area contributed by atoms with Crippen molar-refractivity contribution in [2.75, 3.05) is 19.7 Å². The molecule has 5 rings (SSSR count). The van der Waals surface area contributed by atoms with Crippen LogP contribution in [0.5, 0.6) is 11.5 Å². The summed E-state index contributed by atoms with van der Waals surface area (Å²) in [5, 5.41) is 14.1. The van der Waals surface area contributed by atoms with Gasteiger partial charge in [-0.1, -0.05) is 6.07 Å². The molecular formula is C21H22N4O3. The number of fused-ring (bicyclic) bond motifs is 3. The maximum atomic E-state index is 13.1. The number of ether oxygens (including phenoxy) is 1. The lowest BCUT2D eigenvalue weighted by molar-refractivity contribution is 0.0334. The van der Waals surface area contributed by atoms with Crippen LogP contribution in [-0.2, 0) is 0 Å². The fourth-order valence-corrected chi connectivity index (χ4v) is 4.24. The van der Waals surface area contributed by atoms with E-state index in [1.807, 2.05) is 30.1 Å². The summed E-state index contributed by atoms with van der Waals surface area (Å²) in [6.07, 6.45) is 2.09. The molecule has 3 heterocycles. The van der Waals surface area contributed by atoms with Gasteiger partial charge in [0.2, 0.25) is 0 Å². The van der Waals surface area contributed by atoms with E-state index in [1.54, 1.807) is 18.2 Å². The largest absolute Gasteiger partial charge is 0.506 e. The first-order valence-electron chi connectivity index (χ1n) is 9.69. The van der Waals surface area contributed by atoms with Crippen LogP contribution in [0, 0.1) is 0 Å². The van der Waals surface area contributed by atoms with Crippen molar-refractivity contribution in [3.05, 3.63) is 42.0 Å². The number of hydrogen-bond donors (Lipinski definition) is 2. The van der Waals surface area contributed by atoms with Crippen molar-refractivity contribution in [1.29, 1.82) is 0 Å². The van der Waals surface area contributed by atoms with E-state index in [9.17, 15) is 9.90 Å². The number of aromatic nitrogens is 2. The molecule has 0 spiro atoms. The first kappa shape index (κ1) is 17.1. The third-order valence-corrected chi connectivity index (χ3v) is 5.57. The number of phenolic OH excluding ortho intramolecular Hbond substituents is 1. The van der Waals surface area contributed by atoms with Gasteiger partial charge in [0.25, 0.3) is 5.91 Å². The van der Waals surface area contributed by atoms with E-state index in [4.69, 9.17) is 4.74 Å². The Kier molecular flexibility index (Phi) is 3.98. The normalized spacial score (nSPS) is 20.8. The van der Waals surface area contributed by atoms with Crippen molar-refractivity contribution in [3.63, 3.8) is 0 Å². The molecule has 2 aliphatic heterocycles. The van der Waals surface area contributed by atoms with Crippen LogP contribution in [-0.4, -0.2) is 56.7 Å². The van der Waals surface area contributed by atoms with Gasteiger partial charge in [-0.2, -0.15) is 0 Å². The number of para-hydroxylation sites is 1. The smallest absolute Gasteiger partial charge is 0.268 e. The van der Waals surface area contributed by atoms with Gasteiger partial charge in [0.1, 0.15) is 22.8 Å². The van der Waals surface area contributed by atoms with Crippen molar-refractivity contribution in [2.45, 2.75) is 25.8 Å². The molecule has 2 aliphatic rings. The fraction of sp³-hybridized carbons (Fsp3) is 0.333. The lowest BCUT2D eigenvalue weighted by atomic mass is 10.1. The average molecular weight is 378 g/mol.